The lowest BCUT2D eigenvalue weighted by Crippen LogP contribution is -2.06. The highest BCUT2D eigenvalue weighted by Crippen LogP contribution is 2.32. The molecule has 0 saturated heterocycles. The molecule has 26 heavy (non-hydrogen) atoms. The summed E-state index contributed by atoms with van der Waals surface area (Å²) in [4.78, 5) is 0. The first-order chi connectivity index (χ1) is 12.3. The molecule has 0 spiro atoms. The van der Waals surface area contributed by atoms with Gasteiger partial charge in [0.05, 0.1) is 5.56 Å². The molecule has 0 atom stereocenters. The Morgan fingerprint density at radius 1 is 0.769 bits per heavy atom. The number of benzene rings is 3. The van der Waals surface area contributed by atoms with Crippen LogP contribution < -0.4 is 16.8 Å². The lowest BCUT2D eigenvalue weighted by molar-refractivity contribution is -0.137. The molecule has 0 aliphatic carbocycles. The summed E-state index contributed by atoms with van der Waals surface area (Å²) in [6.07, 6.45) is -4.33. The molecule has 0 aliphatic heterocycles. The molecule has 3 aromatic carbocycles. The van der Waals surface area contributed by atoms with E-state index in [9.17, 15) is 13.2 Å². The third kappa shape index (κ3) is 4.08. The second-order valence-corrected chi connectivity index (χ2v) is 5.98. The Labute approximate surface area is 149 Å². The van der Waals surface area contributed by atoms with Crippen molar-refractivity contribution in [3.05, 3.63) is 77.9 Å². The second-order valence-electron chi connectivity index (χ2n) is 5.98. The first-order valence-electron chi connectivity index (χ1n) is 7.98. The fourth-order valence-electron chi connectivity index (χ4n) is 2.63. The molecule has 0 aromatic heterocycles. The van der Waals surface area contributed by atoms with E-state index in [1.807, 2.05) is 30.3 Å². The van der Waals surface area contributed by atoms with Gasteiger partial charge < -0.3 is 16.8 Å². The summed E-state index contributed by atoms with van der Waals surface area (Å²) < 4.78 is 37.9. The number of alkyl halides is 3. The number of nitrogens with one attached hydrogen (secondary N) is 1. The maximum absolute atomic E-state index is 12.6. The van der Waals surface area contributed by atoms with Crippen LogP contribution >= 0.6 is 0 Å². The van der Waals surface area contributed by atoms with Crippen LogP contribution in [0.4, 0.5) is 30.2 Å². The number of nitrogens with two attached hydrogens (primary N) is 2. The van der Waals surface area contributed by atoms with E-state index < -0.39 is 11.7 Å². The van der Waals surface area contributed by atoms with Crippen LogP contribution in [0.5, 0.6) is 0 Å². The van der Waals surface area contributed by atoms with Gasteiger partial charge in [-0.25, -0.2) is 0 Å². The lowest BCUT2D eigenvalue weighted by atomic mass is 10.0. The molecule has 0 radical (unpaired) electrons. The Morgan fingerprint density at radius 2 is 1.38 bits per heavy atom. The monoisotopic (exact) mass is 357 g/mol. The first-order valence-corrected chi connectivity index (χ1v) is 7.98. The van der Waals surface area contributed by atoms with Gasteiger partial charge in [0, 0.05) is 29.2 Å². The van der Waals surface area contributed by atoms with Crippen molar-refractivity contribution in [2.24, 2.45) is 0 Å². The van der Waals surface area contributed by atoms with Gasteiger partial charge in [0.15, 0.2) is 0 Å². The topological polar surface area (TPSA) is 64.1 Å². The van der Waals surface area contributed by atoms with Crippen molar-refractivity contribution in [2.75, 3.05) is 16.8 Å². The van der Waals surface area contributed by atoms with Crippen LogP contribution in [0.25, 0.3) is 11.1 Å². The third-order valence-electron chi connectivity index (χ3n) is 4.03. The quantitative estimate of drug-likeness (QED) is 0.566. The number of halogens is 3. The highest BCUT2D eigenvalue weighted by Gasteiger charge is 2.29. The molecule has 0 saturated carbocycles. The van der Waals surface area contributed by atoms with Crippen molar-refractivity contribution in [1.82, 2.24) is 0 Å². The molecule has 0 fully saturated rings. The van der Waals surface area contributed by atoms with Gasteiger partial charge in [-0.2, -0.15) is 13.2 Å². The second kappa shape index (κ2) is 7.00. The Bertz CT molecular complexity index is 886. The summed E-state index contributed by atoms with van der Waals surface area (Å²) >= 11 is 0. The first kappa shape index (κ1) is 17.7. The molecule has 0 aliphatic rings. The van der Waals surface area contributed by atoms with Crippen molar-refractivity contribution in [2.45, 2.75) is 12.7 Å². The fraction of sp³-hybridized carbons (Fsp3) is 0.100. The molecule has 3 rings (SSSR count). The molecule has 0 bridgehead atoms. The van der Waals surface area contributed by atoms with Gasteiger partial charge in [-0.1, -0.05) is 30.3 Å². The summed E-state index contributed by atoms with van der Waals surface area (Å²) in [5.74, 6) is 0. The van der Waals surface area contributed by atoms with Crippen molar-refractivity contribution in [3.8, 4) is 11.1 Å². The van der Waals surface area contributed by atoms with Crippen LogP contribution in [0.3, 0.4) is 0 Å². The minimum Gasteiger partial charge on any atom is -0.399 e. The van der Waals surface area contributed by atoms with Crippen LogP contribution in [-0.4, -0.2) is 0 Å². The molecule has 3 nitrogen and oxygen atoms in total. The summed E-state index contributed by atoms with van der Waals surface area (Å²) in [6.45, 7) is 0.379. The van der Waals surface area contributed by atoms with E-state index in [-0.39, 0.29) is 0 Å². The average molecular weight is 357 g/mol. The predicted octanol–water partition coefficient (Wildman–Crippen LogP) is 5.15. The van der Waals surface area contributed by atoms with E-state index in [0.717, 1.165) is 34.5 Å². The smallest absolute Gasteiger partial charge is 0.399 e. The zero-order chi connectivity index (χ0) is 18.7. The van der Waals surface area contributed by atoms with E-state index >= 15 is 0 Å². The van der Waals surface area contributed by atoms with E-state index in [1.54, 1.807) is 12.1 Å². The van der Waals surface area contributed by atoms with Gasteiger partial charge in [0.25, 0.3) is 0 Å². The minimum atomic E-state index is -4.33. The van der Waals surface area contributed by atoms with Gasteiger partial charge in [0.2, 0.25) is 0 Å². The maximum Gasteiger partial charge on any atom is 0.416 e. The largest absolute Gasteiger partial charge is 0.416 e. The normalized spacial score (nSPS) is 11.3. The molecule has 0 amide bonds. The fourth-order valence-corrected chi connectivity index (χ4v) is 2.63. The van der Waals surface area contributed by atoms with Crippen LogP contribution in [0.2, 0.25) is 0 Å². The standard InChI is InChI=1S/C20H18F3N3/c21-20(22,23)15-5-1-13(2-6-15)12-26-19-11-17(25)9-10-18(19)14-3-7-16(24)8-4-14/h1-11,26H,12,24-25H2. The SMILES string of the molecule is Nc1ccc(-c2ccc(N)cc2NCc2ccc(C(F)(F)F)cc2)cc1. The van der Waals surface area contributed by atoms with E-state index in [1.165, 1.54) is 12.1 Å². The number of anilines is 3. The Balaban J connectivity index is 1.81. The van der Waals surface area contributed by atoms with Gasteiger partial charge >= 0.3 is 6.18 Å². The lowest BCUT2D eigenvalue weighted by Gasteiger charge is -2.14. The van der Waals surface area contributed by atoms with E-state index in [2.05, 4.69) is 5.32 Å². The summed E-state index contributed by atoms with van der Waals surface area (Å²) in [5.41, 5.74) is 15.7. The zero-order valence-corrected chi connectivity index (χ0v) is 13.8. The average Bonchev–Trinajstić information content (AvgIpc) is 2.61. The molecule has 134 valence electrons. The molecular weight excluding hydrogens is 339 g/mol. The van der Waals surface area contributed by atoms with Crippen molar-refractivity contribution in [1.29, 1.82) is 0 Å². The van der Waals surface area contributed by atoms with Gasteiger partial charge in [-0.05, 0) is 47.5 Å². The van der Waals surface area contributed by atoms with Gasteiger partial charge in [-0.15, -0.1) is 0 Å². The highest BCUT2D eigenvalue weighted by atomic mass is 19.4. The summed E-state index contributed by atoms with van der Waals surface area (Å²) in [6, 6.07) is 18.0. The molecule has 5 N–H and O–H groups in total. The summed E-state index contributed by atoms with van der Waals surface area (Å²) in [7, 11) is 0. The van der Waals surface area contributed by atoms with Crippen LogP contribution in [0.15, 0.2) is 66.7 Å². The number of nitrogen functional groups attached to an aromatic ring is 2. The van der Waals surface area contributed by atoms with Crippen molar-refractivity contribution < 1.29 is 13.2 Å². The van der Waals surface area contributed by atoms with Crippen molar-refractivity contribution in [3.63, 3.8) is 0 Å². The Kier molecular flexibility index (Phi) is 4.75. The number of hydrogen-bond acceptors (Lipinski definition) is 3. The highest BCUT2D eigenvalue weighted by molar-refractivity contribution is 5.81. The van der Waals surface area contributed by atoms with Crippen molar-refractivity contribution >= 4 is 17.1 Å². The Morgan fingerprint density at radius 3 is 2.00 bits per heavy atom. The van der Waals surface area contributed by atoms with E-state index in [4.69, 9.17) is 11.5 Å². The molecular formula is C20H18F3N3. The van der Waals surface area contributed by atoms with Crippen LogP contribution in [0, 0.1) is 0 Å². The number of rotatable bonds is 4. The molecule has 6 heteroatoms. The maximum atomic E-state index is 12.6. The zero-order valence-electron chi connectivity index (χ0n) is 13.8. The molecule has 0 unspecified atom stereocenters. The summed E-state index contributed by atoms with van der Waals surface area (Å²) in [5, 5.41) is 3.25. The number of hydrogen-bond donors (Lipinski definition) is 3. The predicted molar refractivity (Wildman–Crippen MR) is 99.5 cm³/mol. The van der Waals surface area contributed by atoms with Crippen LogP contribution in [0.1, 0.15) is 11.1 Å². The third-order valence-corrected chi connectivity index (χ3v) is 4.03. The molecule has 0 heterocycles. The van der Waals surface area contributed by atoms with Gasteiger partial charge in [-0.3, -0.25) is 0 Å². The van der Waals surface area contributed by atoms with Gasteiger partial charge in [0.1, 0.15) is 0 Å². The molecule has 3 aromatic rings. The Hall–Kier alpha value is -3.15. The van der Waals surface area contributed by atoms with Crippen LogP contribution in [-0.2, 0) is 12.7 Å². The minimum absolute atomic E-state index is 0.379. The van der Waals surface area contributed by atoms with E-state index in [0.29, 0.717) is 17.9 Å².